The van der Waals surface area contributed by atoms with Gasteiger partial charge >= 0.3 is 0 Å². The smallest absolute Gasteiger partial charge is 0.263 e. The number of nitrogens with two attached hydrogens (primary N) is 1. The molecule has 0 aliphatic rings. The van der Waals surface area contributed by atoms with Crippen molar-refractivity contribution in [2.75, 3.05) is 4.72 Å². The maximum absolute atomic E-state index is 12.3. The second kappa shape index (κ2) is 6.02. The van der Waals surface area contributed by atoms with Gasteiger partial charge in [0.05, 0.1) is 11.4 Å². The average molecular weight is 291 g/mol. The minimum absolute atomic E-state index is 0.126. The van der Waals surface area contributed by atoms with Crippen LogP contribution in [-0.2, 0) is 23.0 Å². The number of anilines is 1. The van der Waals surface area contributed by atoms with E-state index in [1.807, 2.05) is 19.1 Å². The molecule has 20 heavy (non-hydrogen) atoms. The van der Waals surface area contributed by atoms with Crippen LogP contribution in [0.3, 0.4) is 0 Å². The zero-order valence-electron chi connectivity index (χ0n) is 11.2. The van der Waals surface area contributed by atoms with Crippen molar-refractivity contribution >= 4 is 15.7 Å². The molecular weight excluding hydrogens is 274 g/mol. The Labute approximate surface area is 118 Å². The number of nitrogens with zero attached hydrogens (tertiary/aromatic N) is 1. The fourth-order valence-electron chi connectivity index (χ4n) is 1.82. The van der Waals surface area contributed by atoms with Crippen molar-refractivity contribution in [3.05, 3.63) is 53.9 Å². The van der Waals surface area contributed by atoms with Crippen LogP contribution in [0.1, 0.15) is 18.2 Å². The highest BCUT2D eigenvalue weighted by Crippen LogP contribution is 2.20. The predicted molar refractivity (Wildman–Crippen MR) is 78.8 cm³/mol. The third kappa shape index (κ3) is 3.15. The predicted octanol–water partition coefficient (Wildman–Crippen LogP) is 1.90. The number of aromatic nitrogens is 1. The molecule has 2 rings (SSSR count). The van der Waals surface area contributed by atoms with E-state index in [1.54, 1.807) is 18.2 Å². The Hall–Kier alpha value is -1.92. The molecule has 0 aliphatic carbocycles. The second-order valence-corrected chi connectivity index (χ2v) is 5.99. The summed E-state index contributed by atoms with van der Waals surface area (Å²) in [6.45, 7) is 2.26. The van der Waals surface area contributed by atoms with Crippen LogP contribution in [0.25, 0.3) is 0 Å². The molecule has 0 saturated heterocycles. The van der Waals surface area contributed by atoms with Crippen molar-refractivity contribution < 1.29 is 8.42 Å². The zero-order valence-corrected chi connectivity index (χ0v) is 12.0. The minimum Gasteiger partial charge on any atom is -0.325 e. The zero-order chi connectivity index (χ0) is 14.6. The van der Waals surface area contributed by atoms with Gasteiger partial charge in [-0.15, -0.1) is 0 Å². The molecule has 2 aromatic rings. The highest BCUT2D eigenvalue weighted by Gasteiger charge is 2.15. The molecule has 6 heteroatoms. The van der Waals surface area contributed by atoms with Crippen molar-refractivity contribution in [3.63, 3.8) is 0 Å². The summed E-state index contributed by atoms with van der Waals surface area (Å²) < 4.78 is 27.2. The van der Waals surface area contributed by atoms with Crippen LogP contribution in [0.2, 0.25) is 0 Å². The number of hydrogen-bond acceptors (Lipinski definition) is 4. The van der Waals surface area contributed by atoms with Crippen molar-refractivity contribution in [2.24, 2.45) is 5.73 Å². The molecular formula is C14H17N3O2S. The molecule has 0 saturated carbocycles. The summed E-state index contributed by atoms with van der Waals surface area (Å²) >= 11 is 0. The third-order valence-corrected chi connectivity index (χ3v) is 4.31. The Bertz CT molecular complexity index is 682. The molecule has 0 aliphatic heterocycles. The van der Waals surface area contributed by atoms with E-state index in [1.165, 1.54) is 12.3 Å². The van der Waals surface area contributed by atoms with Crippen LogP contribution in [0, 0.1) is 0 Å². The number of nitrogens with one attached hydrogen (secondary N) is 1. The van der Waals surface area contributed by atoms with Gasteiger partial charge in [-0.1, -0.05) is 25.1 Å². The summed E-state index contributed by atoms with van der Waals surface area (Å²) in [4.78, 5) is 4.13. The lowest BCUT2D eigenvalue weighted by atomic mass is 10.1. The van der Waals surface area contributed by atoms with Crippen LogP contribution < -0.4 is 10.5 Å². The van der Waals surface area contributed by atoms with Gasteiger partial charge in [0.2, 0.25) is 0 Å². The van der Waals surface area contributed by atoms with Crippen LogP contribution in [0.15, 0.2) is 47.5 Å². The molecule has 0 spiro atoms. The number of para-hydroxylation sites is 1. The second-order valence-electron chi connectivity index (χ2n) is 4.31. The molecule has 0 bridgehead atoms. The number of rotatable bonds is 5. The van der Waals surface area contributed by atoms with Gasteiger partial charge in [-0.25, -0.2) is 8.42 Å². The Morgan fingerprint density at radius 2 is 1.95 bits per heavy atom. The number of sulfonamides is 1. The summed E-state index contributed by atoms with van der Waals surface area (Å²) in [5.74, 6) is 0. The molecule has 0 amide bonds. The van der Waals surface area contributed by atoms with Crippen molar-refractivity contribution in [1.29, 1.82) is 0 Å². The lowest BCUT2D eigenvalue weighted by Gasteiger charge is -2.11. The van der Waals surface area contributed by atoms with Crippen LogP contribution >= 0.6 is 0 Å². The third-order valence-electron chi connectivity index (χ3n) is 2.96. The van der Waals surface area contributed by atoms with E-state index in [2.05, 4.69) is 9.71 Å². The topological polar surface area (TPSA) is 85.1 Å². The van der Waals surface area contributed by atoms with E-state index < -0.39 is 10.0 Å². The number of pyridine rings is 1. The largest absolute Gasteiger partial charge is 0.325 e. The molecule has 0 fully saturated rings. The Morgan fingerprint density at radius 3 is 2.55 bits per heavy atom. The first-order chi connectivity index (χ1) is 9.56. The lowest BCUT2D eigenvalue weighted by Crippen LogP contribution is -2.14. The average Bonchev–Trinajstić information content (AvgIpc) is 2.47. The van der Waals surface area contributed by atoms with E-state index in [-0.39, 0.29) is 11.4 Å². The Morgan fingerprint density at radius 1 is 1.20 bits per heavy atom. The maximum atomic E-state index is 12.3. The summed E-state index contributed by atoms with van der Waals surface area (Å²) in [6, 6.07) is 10.4. The molecule has 1 aromatic carbocycles. The molecule has 1 aromatic heterocycles. The van der Waals surface area contributed by atoms with Gasteiger partial charge in [0, 0.05) is 12.7 Å². The Balaban J connectivity index is 2.30. The number of benzene rings is 1. The van der Waals surface area contributed by atoms with Gasteiger partial charge in [-0.3, -0.25) is 9.71 Å². The van der Waals surface area contributed by atoms with Gasteiger partial charge in [0.15, 0.2) is 0 Å². The summed E-state index contributed by atoms with van der Waals surface area (Å²) in [6.07, 6.45) is 2.07. The van der Waals surface area contributed by atoms with Crippen LogP contribution in [0.4, 0.5) is 5.69 Å². The molecule has 106 valence electrons. The molecule has 0 radical (unpaired) electrons. The molecule has 1 heterocycles. The minimum atomic E-state index is -3.62. The summed E-state index contributed by atoms with van der Waals surface area (Å²) in [5.41, 5.74) is 7.64. The molecule has 5 nitrogen and oxygen atoms in total. The van der Waals surface area contributed by atoms with Crippen molar-refractivity contribution in [2.45, 2.75) is 24.8 Å². The van der Waals surface area contributed by atoms with E-state index in [9.17, 15) is 8.42 Å². The van der Waals surface area contributed by atoms with E-state index >= 15 is 0 Å². The Kier molecular flexibility index (Phi) is 4.36. The first-order valence-electron chi connectivity index (χ1n) is 6.32. The van der Waals surface area contributed by atoms with Gasteiger partial charge in [0.1, 0.15) is 4.90 Å². The fourth-order valence-corrected chi connectivity index (χ4v) is 2.87. The summed E-state index contributed by atoms with van der Waals surface area (Å²) in [5, 5.41) is 0. The molecule has 0 atom stereocenters. The molecule has 0 unspecified atom stereocenters. The standard InChI is InChI=1S/C14H17N3O2S/c1-2-11-5-3-4-6-14(11)17-20(18,19)13-8-7-12(9-15)16-10-13/h3-8,10,17H,2,9,15H2,1H3. The van der Waals surface area contributed by atoms with Crippen LogP contribution in [0.5, 0.6) is 0 Å². The molecule has 3 N–H and O–H groups in total. The first kappa shape index (κ1) is 14.5. The van der Waals surface area contributed by atoms with E-state index in [0.717, 1.165) is 12.0 Å². The van der Waals surface area contributed by atoms with Gasteiger partial charge in [-0.2, -0.15) is 0 Å². The van der Waals surface area contributed by atoms with Gasteiger partial charge < -0.3 is 5.73 Å². The highest BCUT2D eigenvalue weighted by atomic mass is 32.2. The van der Waals surface area contributed by atoms with Gasteiger partial charge in [-0.05, 0) is 30.2 Å². The van der Waals surface area contributed by atoms with Crippen LogP contribution in [-0.4, -0.2) is 13.4 Å². The van der Waals surface area contributed by atoms with E-state index in [4.69, 9.17) is 5.73 Å². The van der Waals surface area contributed by atoms with Crippen molar-refractivity contribution in [1.82, 2.24) is 4.98 Å². The fraction of sp³-hybridized carbons (Fsp3) is 0.214. The number of hydrogen-bond donors (Lipinski definition) is 2. The SMILES string of the molecule is CCc1ccccc1NS(=O)(=O)c1ccc(CN)nc1. The lowest BCUT2D eigenvalue weighted by molar-refractivity contribution is 0.600. The van der Waals surface area contributed by atoms with Crippen molar-refractivity contribution in [3.8, 4) is 0 Å². The first-order valence-corrected chi connectivity index (χ1v) is 7.81. The highest BCUT2D eigenvalue weighted by molar-refractivity contribution is 7.92. The van der Waals surface area contributed by atoms with E-state index in [0.29, 0.717) is 11.4 Å². The normalized spacial score (nSPS) is 11.3. The summed E-state index contributed by atoms with van der Waals surface area (Å²) in [7, 11) is -3.62. The monoisotopic (exact) mass is 291 g/mol. The number of aryl methyl sites for hydroxylation is 1. The maximum Gasteiger partial charge on any atom is 0.263 e. The van der Waals surface area contributed by atoms with Gasteiger partial charge in [0.25, 0.3) is 10.0 Å². The quantitative estimate of drug-likeness (QED) is 0.881.